The minimum atomic E-state index is -0.911. The number of rotatable bonds is 1. The summed E-state index contributed by atoms with van der Waals surface area (Å²) in [4.78, 5) is 0. The first-order valence-electron chi connectivity index (χ1n) is 6.88. The van der Waals surface area contributed by atoms with Crippen molar-refractivity contribution >= 4 is 0 Å². The van der Waals surface area contributed by atoms with E-state index in [0.29, 0.717) is 0 Å². The molecule has 0 aliphatic heterocycles. The Bertz CT molecular complexity index is 337. The summed E-state index contributed by atoms with van der Waals surface area (Å²) in [6.45, 7) is 1.71. The van der Waals surface area contributed by atoms with Crippen LogP contribution in [-0.2, 0) is 0 Å². The minimum Gasteiger partial charge on any atom is -0.384 e. The Labute approximate surface area is 103 Å². The molecule has 1 unspecified atom stereocenters. The van der Waals surface area contributed by atoms with E-state index < -0.39 is 5.60 Å². The summed E-state index contributed by atoms with van der Waals surface area (Å²) in [5, 5.41) is 19.6. The molecule has 0 amide bonds. The van der Waals surface area contributed by atoms with Crippen molar-refractivity contribution in [1.29, 1.82) is 0 Å². The second-order valence-corrected chi connectivity index (χ2v) is 6.73. The maximum atomic E-state index is 10.7. The van der Waals surface area contributed by atoms with Gasteiger partial charge >= 0.3 is 0 Å². The Morgan fingerprint density at radius 2 is 1.59 bits per heavy atom. The Morgan fingerprint density at radius 1 is 1.12 bits per heavy atom. The summed E-state index contributed by atoms with van der Waals surface area (Å²) >= 11 is 0. The van der Waals surface area contributed by atoms with E-state index in [4.69, 9.17) is 5.11 Å². The topological polar surface area (TPSA) is 40.5 Å². The molecule has 0 spiro atoms. The zero-order chi connectivity index (χ0) is 12.1. The summed E-state index contributed by atoms with van der Waals surface area (Å²) in [6.07, 6.45) is 7.57. The lowest BCUT2D eigenvalue weighted by Gasteiger charge is -2.60. The van der Waals surface area contributed by atoms with Gasteiger partial charge in [-0.05, 0) is 63.2 Å². The number of hydrogen-bond donors (Lipinski definition) is 2. The number of hydrogen-bond acceptors (Lipinski definition) is 2. The summed E-state index contributed by atoms with van der Waals surface area (Å²) in [7, 11) is 0. The van der Waals surface area contributed by atoms with Gasteiger partial charge in [-0.3, -0.25) is 0 Å². The van der Waals surface area contributed by atoms with Gasteiger partial charge in [-0.25, -0.2) is 0 Å². The second kappa shape index (κ2) is 3.73. The molecule has 4 rings (SSSR count). The molecule has 4 bridgehead atoms. The molecule has 4 saturated carbocycles. The quantitative estimate of drug-likeness (QED) is 0.681. The fraction of sp³-hybridized carbons (Fsp3) is 0.867. The lowest BCUT2D eigenvalue weighted by atomic mass is 9.45. The van der Waals surface area contributed by atoms with Gasteiger partial charge in [-0.15, -0.1) is 0 Å². The van der Waals surface area contributed by atoms with Crippen LogP contribution in [0.15, 0.2) is 0 Å². The van der Waals surface area contributed by atoms with Crippen LogP contribution in [0.3, 0.4) is 0 Å². The van der Waals surface area contributed by atoms with Crippen LogP contribution in [-0.4, -0.2) is 22.4 Å². The third kappa shape index (κ3) is 1.72. The van der Waals surface area contributed by atoms with Crippen LogP contribution in [0.25, 0.3) is 0 Å². The van der Waals surface area contributed by atoms with E-state index >= 15 is 0 Å². The standard InChI is InChI=1S/C15H22O2/c1-14(17,3-2-4-16)15-8-11-5-12(9-15)7-13(6-11)10-15/h11-13,16-17H,4-10H2,1H3. The van der Waals surface area contributed by atoms with Gasteiger partial charge in [0.2, 0.25) is 0 Å². The van der Waals surface area contributed by atoms with E-state index in [0.717, 1.165) is 37.0 Å². The Hall–Kier alpha value is -0.520. The van der Waals surface area contributed by atoms with Gasteiger partial charge in [0, 0.05) is 5.41 Å². The first-order valence-corrected chi connectivity index (χ1v) is 6.88. The minimum absolute atomic E-state index is 0.0178. The summed E-state index contributed by atoms with van der Waals surface area (Å²) in [5.41, 5.74) is -0.893. The second-order valence-electron chi connectivity index (χ2n) is 6.73. The molecule has 0 aromatic carbocycles. The van der Waals surface area contributed by atoms with E-state index in [1.54, 1.807) is 0 Å². The fourth-order valence-electron chi connectivity index (χ4n) is 5.05. The molecule has 0 radical (unpaired) electrons. The third-order valence-corrected chi connectivity index (χ3v) is 5.48. The van der Waals surface area contributed by atoms with Crippen molar-refractivity contribution in [3.63, 3.8) is 0 Å². The van der Waals surface area contributed by atoms with Crippen molar-refractivity contribution in [1.82, 2.24) is 0 Å². The third-order valence-electron chi connectivity index (χ3n) is 5.48. The van der Waals surface area contributed by atoms with Gasteiger partial charge in [0.05, 0.1) is 0 Å². The van der Waals surface area contributed by atoms with Crippen molar-refractivity contribution in [2.45, 2.75) is 51.0 Å². The number of aliphatic hydroxyl groups excluding tert-OH is 1. The zero-order valence-electron chi connectivity index (χ0n) is 10.6. The van der Waals surface area contributed by atoms with Crippen LogP contribution in [0.1, 0.15) is 45.4 Å². The number of aliphatic hydroxyl groups is 2. The van der Waals surface area contributed by atoms with E-state index in [-0.39, 0.29) is 12.0 Å². The van der Waals surface area contributed by atoms with Gasteiger partial charge in [-0.2, -0.15) is 0 Å². The van der Waals surface area contributed by atoms with Gasteiger partial charge in [0.25, 0.3) is 0 Å². The fourth-order valence-corrected chi connectivity index (χ4v) is 5.05. The highest BCUT2D eigenvalue weighted by atomic mass is 16.3. The molecule has 2 heteroatoms. The predicted octanol–water partition coefficient (Wildman–Crippen LogP) is 1.95. The average molecular weight is 234 g/mol. The molecule has 4 aliphatic carbocycles. The zero-order valence-corrected chi connectivity index (χ0v) is 10.6. The Morgan fingerprint density at radius 3 is 2.00 bits per heavy atom. The average Bonchev–Trinajstić information content (AvgIpc) is 2.24. The molecule has 0 saturated heterocycles. The first kappa shape index (κ1) is 11.6. The molecule has 2 N–H and O–H groups in total. The van der Waals surface area contributed by atoms with Gasteiger partial charge < -0.3 is 10.2 Å². The normalized spacial score (nSPS) is 46.2. The van der Waals surface area contributed by atoms with E-state index in [1.807, 2.05) is 6.92 Å². The molecule has 17 heavy (non-hydrogen) atoms. The summed E-state index contributed by atoms with van der Waals surface area (Å²) in [6, 6.07) is 0. The van der Waals surface area contributed by atoms with Gasteiger partial charge in [0.15, 0.2) is 0 Å². The van der Waals surface area contributed by atoms with Crippen molar-refractivity contribution in [2.24, 2.45) is 23.2 Å². The van der Waals surface area contributed by atoms with Crippen molar-refractivity contribution in [2.75, 3.05) is 6.61 Å². The molecule has 1 atom stereocenters. The first-order chi connectivity index (χ1) is 8.05. The van der Waals surface area contributed by atoms with Crippen molar-refractivity contribution < 1.29 is 10.2 Å². The molecule has 4 aliphatic rings. The Kier molecular flexibility index (Phi) is 2.54. The summed E-state index contributed by atoms with van der Waals surface area (Å²) in [5.74, 6) is 8.06. The highest BCUT2D eigenvalue weighted by Crippen LogP contribution is 2.63. The molecular weight excluding hydrogens is 212 g/mol. The van der Waals surface area contributed by atoms with Crippen LogP contribution in [0.4, 0.5) is 0 Å². The van der Waals surface area contributed by atoms with E-state index in [2.05, 4.69) is 11.8 Å². The van der Waals surface area contributed by atoms with E-state index in [9.17, 15) is 5.11 Å². The van der Waals surface area contributed by atoms with Crippen LogP contribution >= 0.6 is 0 Å². The van der Waals surface area contributed by atoms with Crippen LogP contribution < -0.4 is 0 Å². The summed E-state index contributed by atoms with van der Waals surface area (Å²) < 4.78 is 0. The highest BCUT2D eigenvalue weighted by Gasteiger charge is 2.57. The van der Waals surface area contributed by atoms with Crippen molar-refractivity contribution in [3.05, 3.63) is 0 Å². The SMILES string of the molecule is CC(O)(C#CCO)C12CC3CC(CC(C3)C1)C2. The molecule has 0 aromatic heterocycles. The molecular formula is C15H22O2. The lowest BCUT2D eigenvalue weighted by molar-refractivity contribution is -0.144. The molecule has 94 valence electrons. The van der Waals surface area contributed by atoms with Crippen molar-refractivity contribution in [3.8, 4) is 11.8 Å². The van der Waals surface area contributed by atoms with Gasteiger partial charge in [-0.1, -0.05) is 11.8 Å². The van der Waals surface area contributed by atoms with Crippen LogP contribution in [0.5, 0.6) is 0 Å². The maximum Gasteiger partial charge on any atom is 0.128 e. The molecule has 2 nitrogen and oxygen atoms in total. The highest BCUT2D eigenvalue weighted by molar-refractivity contribution is 5.22. The molecule has 4 fully saturated rings. The predicted molar refractivity (Wildman–Crippen MR) is 66.1 cm³/mol. The Balaban J connectivity index is 1.91. The van der Waals surface area contributed by atoms with Crippen LogP contribution in [0.2, 0.25) is 0 Å². The van der Waals surface area contributed by atoms with Crippen LogP contribution in [0, 0.1) is 35.0 Å². The smallest absolute Gasteiger partial charge is 0.128 e. The lowest BCUT2D eigenvalue weighted by Crippen LogP contribution is -2.56. The largest absolute Gasteiger partial charge is 0.384 e. The van der Waals surface area contributed by atoms with Gasteiger partial charge in [0.1, 0.15) is 12.2 Å². The molecule has 0 heterocycles. The maximum absolute atomic E-state index is 10.7. The molecule has 0 aromatic rings. The monoisotopic (exact) mass is 234 g/mol. The van der Waals surface area contributed by atoms with E-state index in [1.165, 1.54) is 19.3 Å².